The van der Waals surface area contributed by atoms with E-state index in [2.05, 4.69) is 31.0 Å². The molecule has 0 aliphatic heterocycles. The van der Waals surface area contributed by atoms with Crippen LogP contribution in [0.5, 0.6) is 0 Å². The molecular weight excluding hydrogens is 511 g/mol. The minimum absolute atomic E-state index is 0.232. The zero-order valence-electron chi connectivity index (χ0n) is 22.8. The third-order valence-electron chi connectivity index (χ3n) is 6.35. The molecule has 3 aromatic heterocycles. The first kappa shape index (κ1) is 26.5. The summed E-state index contributed by atoms with van der Waals surface area (Å²) < 4.78 is 17.2. The molecule has 0 saturated heterocycles. The van der Waals surface area contributed by atoms with Gasteiger partial charge in [-0.1, -0.05) is 24.3 Å². The molecule has 40 heavy (non-hydrogen) atoms. The van der Waals surface area contributed by atoms with Gasteiger partial charge < -0.3 is 16.0 Å². The molecule has 11 heteroatoms. The van der Waals surface area contributed by atoms with Gasteiger partial charge in [0, 0.05) is 48.7 Å². The maximum Gasteiger partial charge on any atom is 0.323 e. The molecule has 3 heterocycles. The lowest BCUT2D eigenvalue weighted by molar-refractivity contribution is 0.262. The van der Waals surface area contributed by atoms with Gasteiger partial charge in [0.15, 0.2) is 0 Å². The summed E-state index contributed by atoms with van der Waals surface area (Å²) >= 11 is 0. The van der Waals surface area contributed by atoms with E-state index in [0.717, 1.165) is 0 Å². The number of carbonyl (C=O) groups is 1. The number of halogens is 1. The van der Waals surface area contributed by atoms with E-state index in [1.807, 2.05) is 20.8 Å². The summed E-state index contributed by atoms with van der Waals surface area (Å²) in [5.74, 6) is 0.0185. The van der Waals surface area contributed by atoms with Crippen molar-refractivity contribution in [2.45, 2.75) is 26.3 Å². The summed E-state index contributed by atoms with van der Waals surface area (Å²) in [5, 5.41) is 13.9. The second kappa shape index (κ2) is 10.3. The van der Waals surface area contributed by atoms with Crippen LogP contribution >= 0.6 is 0 Å². The van der Waals surface area contributed by atoms with Crippen molar-refractivity contribution in [2.24, 2.45) is 7.05 Å². The highest BCUT2D eigenvalue weighted by Crippen LogP contribution is 2.30. The molecule has 0 saturated carbocycles. The van der Waals surface area contributed by atoms with Gasteiger partial charge in [-0.2, -0.15) is 10.1 Å². The van der Waals surface area contributed by atoms with Crippen LogP contribution in [0, 0.1) is 5.82 Å². The monoisotopic (exact) mass is 540 g/mol. The predicted molar refractivity (Wildman–Crippen MR) is 155 cm³/mol. The lowest BCUT2D eigenvalue weighted by atomic mass is 10.1. The Kier molecular flexibility index (Phi) is 6.80. The van der Waals surface area contributed by atoms with Crippen LogP contribution in [0.1, 0.15) is 20.8 Å². The number of pyridine rings is 1. The Bertz CT molecular complexity index is 1800. The lowest BCUT2D eigenvalue weighted by Gasteiger charge is -2.18. The number of benzene rings is 2. The van der Waals surface area contributed by atoms with Gasteiger partial charge in [-0.05, 0) is 56.7 Å². The minimum Gasteiger partial charge on any atom is -0.357 e. The van der Waals surface area contributed by atoms with E-state index in [1.54, 1.807) is 73.6 Å². The maximum atomic E-state index is 14.0. The number of aryl methyl sites for hydroxylation is 1. The molecule has 10 nitrogen and oxygen atoms in total. The average Bonchev–Trinajstić information content (AvgIpc) is 3.35. The maximum absolute atomic E-state index is 14.0. The van der Waals surface area contributed by atoms with Crippen molar-refractivity contribution in [3.05, 3.63) is 83.2 Å². The van der Waals surface area contributed by atoms with Crippen molar-refractivity contribution >= 4 is 34.4 Å². The molecule has 0 aliphatic carbocycles. The number of hydrogen-bond acceptors (Lipinski definition) is 6. The number of nitrogens with zero attached hydrogens (tertiary/aromatic N) is 5. The normalized spacial score (nSPS) is 11.4. The molecule has 0 fully saturated rings. The molecule has 2 aromatic carbocycles. The molecular formula is C29H29FN8O2. The fourth-order valence-corrected chi connectivity index (χ4v) is 4.28. The average molecular weight is 541 g/mol. The Morgan fingerprint density at radius 3 is 2.48 bits per heavy atom. The third-order valence-corrected chi connectivity index (χ3v) is 6.35. The summed E-state index contributed by atoms with van der Waals surface area (Å²) in [5.41, 5.74) is 2.88. The van der Waals surface area contributed by atoms with Crippen LogP contribution < -0.4 is 21.5 Å². The van der Waals surface area contributed by atoms with Gasteiger partial charge in [0.1, 0.15) is 17.2 Å². The number of hydrogen-bond donors (Lipinski definition) is 3. The second-order valence-electron chi connectivity index (χ2n) is 10.3. The molecule has 0 aliphatic rings. The van der Waals surface area contributed by atoms with Crippen LogP contribution in [0.15, 0.2) is 71.8 Å². The molecule has 0 atom stereocenters. The quantitative estimate of drug-likeness (QED) is 0.273. The minimum atomic E-state index is -0.511. The van der Waals surface area contributed by atoms with Crippen molar-refractivity contribution in [2.75, 3.05) is 23.0 Å². The summed E-state index contributed by atoms with van der Waals surface area (Å²) in [7, 11) is 3.37. The van der Waals surface area contributed by atoms with Gasteiger partial charge in [-0.3, -0.25) is 14.0 Å². The molecule has 5 aromatic rings. The molecule has 5 rings (SSSR count). The van der Waals surface area contributed by atoms with Gasteiger partial charge in [-0.15, -0.1) is 0 Å². The van der Waals surface area contributed by atoms with Gasteiger partial charge in [0.2, 0.25) is 5.95 Å². The first-order valence-electron chi connectivity index (χ1n) is 12.6. The molecule has 0 radical (unpaired) electrons. The zero-order valence-corrected chi connectivity index (χ0v) is 22.8. The lowest BCUT2D eigenvalue weighted by Crippen LogP contribution is -2.22. The predicted octanol–water partition coefficient (Wildman–Crippen LogP) is 5.44. The van der Waals surface area contributed by atoms with Crippen molar-refractivity contribution in [1.29, 1.82) is 0 Å². The molecule has 0 unspecified atom stereocenters. The van der Waals surface area contributed by atoms with Crippen LogP contribution in [0.2, 0.25) is 0 Å². The standard InChI is InChI=1S/C29H29FN8O2/c1-29(2,3)38-16-23(24(36-38)18-9-6-10-20(30)12-18)34-28(40)33-21-11-7-8-17(13-21)22-14-19-15-32-27(31-4)35-25(19)37(5)26(22)39/h6-16H,1-5H3,(H,31,32,35)(H2,33,34,40). The van der Waals surface area contributed by atoms with Gasteiger partial charge in [0.25, 0.3) is 5.56 Å². The van der Waals surface area contributed by atoms with Crippen LogP contribution in [0.25, 0.3) is 33.4 Å². The fourth-order valence-electron chi connectivity index (χ4n) is 4.28. The number of rotatable bonds is 5. The second-order valence-corrected chi connectivity index (χ2v) is 10.3. The zero-order chi connectivity index (χ0) is 28.6. The molecule has 0 bridgehead atoms. The third kappa shape index (κ3) is 5.26. The first-order chi connectivity index (χ1) is 19.0. The van der Waals surface area contributed by atoms with E-state index >= 15 is 0 Å². The molecule has 0 spiro atoms. The number of anilines is 3. The van der Waals surface area contributed by atoms with Gasteiger partial charge in [-0.25, -0.2) is 14.2 Å². The van der Waals surface area contributed by atoms with E-state index in [-0.39, 0.29) is 11.1 Å². The van der Waals surface area contributed by atoms with E-state index in [9.17, 15) is 14.0 Å². The topological polar surface area (TPSA) is 119 Å². The Morgan fingerprint density at radius 2 is 1.75 bits per heavy atom. The smallest absolute Gasteiger partial charge is 0.323 e. The Labute approximate surface area is 229 Å². The summed E-state index contributed by atoms with van der Waals surface area (Å²) in [6.45, 7) is 5.94. The number of aromatic nitrogens is 5. The van der Waals surface area contributed by atoms with Crippen molar-refractivity contribution in [1.82, 2.24) is 24.3 Å². The highest BCUT2D eigenvalue weighted by molar-refractivity contribution is 6.02. The molecule has 2 amide bonds. The van der Waals surface area contributed by atoms with Crippen LogP contribution in [0.4, 0.5) is 26.5 Å². The van der Waals surface area contributed by atoms with E-state index in [4.69, 9.17) is 0 Å². The molecule has 204 valence electrons. The number of urea groups is 1. The van der Waals surface area contributed by atoms with E-state index in [1.165, 1.54) is 16.7 Å². The number of amides is 2. The molecule has 3 N–H and O–H groups in total. The van der Waals surface area contributed by atoms with E-state index in [0.29, 0.717) is 50.7 Å². The number of nitrogens with one attached hydrogen (secondary N) is 3. The van der Waals surface area contributed by atoms with Gasteiger partial charge >= 0.3 is 6.03 Å². The van der Waals surface area contributed by atoms with E-state index < -0.39 is 11.8 Å². The number of fused-ring (bicyclic) bond motifs is 1. The Morgan fingerprint density at radius 1 is 1.00 bits per heavy atom. The van der Waals surface area contributed by atoms with Crippen molar-refractivity contribution < 1.29 is 9.18 Å². The first-order valence-corrected chi connectivity index (χ1v) is 12.6. The summed E-state index contributed by atoms with van der Waals surface area (Å²) in [6.07, 6.45) is 3.37. The highest BCUT2D eigenvalue weighted by Gasteiger charge is 2.21. The summed E-state index contributed by atoms with van der Waals surface area (Å²) in [6, 6.07) is 14.3. The Balaban J connectivity index is 1.43. The largest absolute Gasteiger partial charge is 0.357 e. The highest BCUT2D eigenvalue weighted by atomic mass is 19.1. The van der Waals surface area contributed by atoms with Crippen molar-refractivity contribution in [3.8, 4) is 22.4 Å². The van der Waals surface area contributed by atoms with Gasteiger partial charge in [0.05, 0.1) is 11.2 Å². The van der Waals surface area contributed by atoms with Crippen molar-refractivity contribution in [3.63, 3.8) is 0 Å². The van der Waals surface area contributed by atoms with Crippen LogP contribution in [-0.4, -0.2) is 37.4 Å². The summed E-state index contributed by atoms with van der Waals surface area (Å²) in [4.78, 5) is 34.9. The Hall–Kier alpha value is -5.06. The SMILES string of the molecule is CNc1ncc2cc(-c3cccc(NC(=O)Nc4cn(C(C)(C)C)nc4-c4cccc(F)c4)c3)c(=O)n(C)c2n1. The van der Waals surface area contributed by atoms with Crippen LogP contribution in [0.3, 0.4) is 0 Å². The van der Waals surface area contributed by atoms with Crippen LogP contribution in [-0.2, 0) is 12.6 Å². The number of carbonyl (C=O) groups excluding carboxylic acids is 1. The fraction of sp³-hybridized carbons (Fsp3) is 0.207.